The molecule has 0 fully saturated rings. The summed E-state index contributed by atoms with van der Waals surface area (Å²) in [5.74, 6) is -1.18. The van der Waals surface area contributed by atoms with Gasteiger partial charge in [-0.1, -0.05) is 0 Å². The minimum atomic E-state index is -4.53. The van der Waals surface area contributed by atoms with Crippen molar-refractivity contribution in [1.29, 1.82) is 0 Å². The summed E-state index contributed by atoms with van der Waals surface area (Å²) in [4.78, 5) is 13.6. The maximum atomic E-state index is 12.3. The minimum Gasteiger partial charge on any atom is -0.478 e. The molecule has 1 aromatic heterocycles. The van der Waals surface area contributed by atoms with E-state index >= 15 is 0 Å². The Hall–Kier alpha value is -1.85. The van der Waals surface area contributed by atoms with E-state index in [2.05, 4.69) is 4.98 Å². The lowest BCUT2D eigenvalue weighted by molar-refractivity contribution is -0.141. The van der Waals surface area contributed by atoms with Crippen LogP contribution in [-0.4, -0.2) is 16.1 Å². The lowest BCUT2D eigenvalue weighted by atomic mass is 10.1. The highest BCUT2D eigenvalue weighted by atomic mass is 19.4. The van der Waals surface area contributed by atoms with Crippen LogP contribution in [0.15, 0.2) is 23.9 Å². The molecule has 16 heavy (non-hydrogen) atoms. The first-order chi connectivity index (χ1) is 7.30. The average Bonchev–Trinajstić information content (AvgIpc) is 2.16. The Labute approximate surface area is 89.2 Å². The molecular weight excluding hydrogens is 223 g/mol. The van der Waals surface area contributed by atoms with Gasteiger partial charge in [0.05, 0.1) is 0 Å². The summed E-state index contributed by atoms with van der Waals surface area (Å²) in [5.41, 5.74) is -0.930. The number of halogens is 3. The molecule has 0 aliphatic rings. The fourth-order valence-corrected chi connectivity index (χ4v) is 1.00. The highest BCUT2D eigenvalue weighted by Gasteiger charge is 2.32. The molecule has 0 saturated heterocycles. The summed E-state index contributed by atoms with van der Waals surface area (Å²) in [6.45, 7) is 1.30. The Morgan fingerprint density at radius 2 is 2.12 bits per heavy atom. The molecule has 0 aliphatic carbocycles. The molecule has 0 saturated carbocycles. The number of aromatic nitrogens is 1. The number of carboxylic acid groups (broad SMARTS) is 1. The quantitative estimate of drug-likeness (QED) is 0.796. The summed E-state index contributed by atoms with van der Waals surface area (Å²) in [7, 11) is 0. The number of nitrogens with zero attached hydrogens (tertiary/aromatic N) is 1. The largest absolute Gasteiger partial charge is 0.478 e. The van der Waals surface area contributed by atoms with Crippen molar-refractivity contribution in [3.8, 4) is 0 Å². The topological polar surface area (TPSA) is 50.2 Å². The van der Waals surface area contributed by atoms with Crippen LogP contribution < -0.4 is 0 Å². The number of rotatable bonds is 2. The fourth-order valence-electron chi connectivity index (χ4n) is 1.00. The zero-order valence-corrected chi connectivity index (χ0v) is 8.25. The van der Waals surface area contributed by atoms with Gasteiger partial charge in [0.2, 0.25) is 0 Å². The van der Waals surface area contributed by atoms with E-state index in [0.717, 1.165) is 18.3 Å². The van der Waals surface area contributed by atoms with Crippen LogP contribution in [0.3, 0.4) is 0 Å². The van der Waals surface area contributed by atoms with E-state index in [9.17, 15) is 18.0 Å². The number of carbonyl (C=O) groups is 1. The van der Waals surface area contributed by atoms with Gasteiger partial charge in [0.1, 0.15) is 5.69 Å². The van der Waals surface area contributed by atoms with Gasteiger partial charge in [-0.25, -0.2) is 4.79 Å². The Bertz CT molecular complexity index is 438. The first kappa shape index (κ1) is 12.2. The number of pyridine rings is 1. The minimum absolute atomic E-state index is 0.0423. The molecule has 6 heteroatoms. The van der Waals surface area contributed by atoms with E-state index < -0.39 is 17.8 Å². The molecule has 0 amide bonds. The average molecular weight is 231 g/mol. The highest BCUT2D eigenvalue weighted by Crippen LogP contribution is 2.28. The Morgan fingerprint density at radius 1 is 1.50 bits per heavy atom. The SMILES string of the molecule is C/C(=C\c1ccnc(C(F)(F)F)c1)C(=O)O. The second kappa shape index (κ2) is 4.34. The molecule has 1 aromatic rings. The van der Waals surface area contributed by atoms with Crippen molar-refractivity contribution in [2.45, 2.75) is 13.1 Å². The van der Waals surface area contributed by atoms with Crippen molar-refractivity contribution in [1.82, 2.24) is 4.98 Å². The molecule has 1 heterocycles. The molecule has 0 aliphatic heterocycles. The Kier molecular flexibility index (Phi) is 3.31. The summed E-state index contributed by atoms with van der Waals surface area (Å²) in [6, 6.07) is 2.11. The number of alkyl halides is 3. The molecule has 86 valence electrons. The maximum absolute atomic E-state index is 12.3. The van der Waals surface area contributed by atoms with Crippen LogP contribution in [0.4, 0.5) is 13.2 Å². The van der Waals surface area contributed by atoms with Crippen LogP contribution in [0.25, 0.3) is 6.08 Å². The standard InChI is InChI=1S/C10H8F3NO2/c1-6(9(15)16)4-7-2-3-14-8(5-7)10(11,12)13/h2-5H,1H3,(H,15,16)/b6-4+. The first-order valence-electron chi connectivity index (χ1n) is 4.25. The van der Waals surface area contributed by atoms with E-state index in [0.29, 0.717) is 0 Å². The second-order valence-electron chi connectivity index (χ2n) is 3.10. The van der Waals surface area contributed by atoms with Crippen molar-refractivity contribution in [3.05, 3.63) is 35.2 Å². The van der Waals surface area contributed by atoms with Crippen LogP contribution in [-0.2, 0) is 11.0 Å². The van der Waals surface area contributed by atoms with Crippen molar-refractivity contribution >= 4 is 12.0 Å². The molecule has 3 nitrogen and oxygen atoms in total. The van der Waals surface area contributed by atoms with Crippen molar-refractivity contribution in [3.63, 3.8) is 0 Å². The van der Waals surface area contributed by atoms with Gasteiger partial charge in [0.15, 0.2) is 0 Å². The maximum Gasteiger partial charge on any atom is 0.433 e. The molecule has 0 aromatic carbocycles. The smallest absolute Gasteiger partial charge is 0.433 e. The van der Waals surface area contributed by atoms with E-state index in [1.165, 1.54) is 13.0 Å². The predicted octanol–water partition coefficient (Wildman–Crippen LogP) is 2.59. The van der Waals surface area contributed by atoms with Crippen molar-refractivity contribution in [2.24, 2.45) is 0 Å². The van der Waals surface area contributed by atoms with Crippen LogP contribution in [0, 0.1) is 0 Å². The van der Waals surface area contributed by atoms with Crippen LogP contribution in [0.2, 0.25) is 0 Å². The summed E-state index contributed by atoms with van der Waals surface area (Å²) in [6.07, 6.45) is -2.38. The van der Waals surface area contributed by atoms with Crippen LogP contribution in [0.5, 0.6) is 0 Å². The number of hydrogen-bond donors (Lipinski definition) is 1. The van der Waals surface area contributed by atoms with Gasteiger partial charge < -0.3 is 5.11 Å². The number of aliphatic carboxylic acids is 1. The molecule has 1 rings (SSSR count). The van der Waals surface area contributed by atoms with Crippen molar-refractivity contribution in [2.75, 3.05) is 0 Å². The molecule has 0 radical (unpaired) electrons. The van der Waals surface area contributed by atoms with Gasteiger partial charge in [-0.2, -0.15) is 13.2 Å². The van der Waals surface area contributed by atoms with Crippen molar-refractivity contribution < 1.29 is 23.1 Å². The second-order valence-corrected chi connectivity index (χ2v) is 3.10. The predicted molar refractivity (Wildman–Crippen MR) is 50.5 cm³/mol. The van der Waals surface area contributed by atoms with Gasteiger partial charge >= 0.3 is 12.1 Å². The van der Waals surface area contributed by atoms with Gasteiger partial charge in [-0.05, 0) is 30.7 Å². The van der Waals surface area contributed by atoms with E-state index in [-0.39, 0.29) is 11.1 Å². The zero-order valence-electron chi connectivity index (χ0n) is 8.25. The fraction of sp³-hybridized carbons (Fsp3) is 0.200. The van der Waals surface area contributed by atoms with Gasteiger partial charge in [0, 0.05) is 11.8 Å². The van der Waals surface area contributed by atoms with E-state index in [1.807, 2.05) is 0 Å². The molecule has 0 atom stereocenters. The molecule has 0 unspecified atom stereocenters. The molecular formula is C10H8F3NO2. The highest BCUT2D eigenvalue weighted by molar-refractivity contribution is 5.91. The first-order valence-corrected chi connectivity index (χ1v) is 4.25. The third kappa shape index (κ3) is 3.08. The van der Waals surface area contributed by atoms with Crippen LogP contribution >= 0.6 is 0 Å². The van der Waals surface area contributed by atoms with E-state index in [4.69, 9.17) is 5.11 Å². The van der Waals surface area contributed by atoms with Gasteiger partial charge in [-0.3, -0.25) is 4.98 Å². The monoisotopic (exact) mass is 231 g/mol. The Morgan fingerprint density at radius 3 is 2.62 bits per heavy atom. The van der Waals surface area contributed by atoms with Crippen LogP contribution in [0.1, 0.15) is 18.2 Å². The lowest BCUT2D eigenvalue weighted by Gasteiger charge is -2.05. The number of hydrogen-bond acceptors (Lipinski definition) is 2. The van der Waals surface area contributed by atoms with Gasteiger partial charge in [0.25, 0.3) is 0 Å². The van der Waals surface area contributed by atoms with Gasteiger partial charge in [-0.15, -0.1) is 0 Å². The summed E-state index contributed by atoms with van der Waals surface area (Å²) < 4.78 is 36.8. The molecule has 1 N–H and O–H groups in total. The third-order valence-corrected chi connectivity index (χ3v) is 1.79. The van der Waals surface area contributed by atoms with E-state index in [1.54, 1.807) is 0 Å². The lowest BCUT2D eigenvalue weighted by Crippen LogP contribution is -2.07. The zero-order chi connectivity index (χ0) is 12.3. The normalized spacial score (nSPS) is 12.6. The Balaban J connectivity index is 3.09. The summed E-state index contributed by atoms with van der Waals surface area (Å²) in [5, 5.41) is 8.57. The summed E-state index contributed by atoms with van der Waals surface area (Å²) >= 11 is 0. The number of carboxylic acids is 1. The molecule has 0 bridgehead atoms. The third-order valence-electron chi connectivity index (χ3n) is 1.79. The molecule has 0 spiro atoms.